The number of benzene rings is 1. The fourth-order valence-corrected chi connectivity index (χ4v) is 3.02. The number of likely N-dealkylation sites (N-methyl/N-ethyl adjacent to an activating group) is 1. The van der Waals surface area contributed by atoms with Crippen LogP contribution in [-0.4, -0.2) is 37.2 Å². The van der Waals surface area contributed by atoms with Gasteiger partial charge >= 0.3 is 0 Å². The van der Waals surface area contributed by atoms with Gasteiger partial charge in [-0.15, -0.1) is 11.3 Å². The van der Waals surface area contributed by atoms with Crippen LogP contribution in [0.3, 0.4) is 0 Å². The van der Waals surface area contributed by atoms with Crippen LogP contribution < -0.4 is 10.6 Å². The zero-order valence-electron chi connectivity index (χ0n) is 12.4. The molecule has 0 saturated heterocycles. The molecule has 21 heavy (non-hydrogen) atoms. The van der Waals surface area contributed by atoms with Crippen LogP contribution in [0.5, 0.6) is 0 Å². The Morgan fingerprint density at radius 3 is 2.57 bits per heavy atom. The molecule has 1 aromatic heterocycles. The van der Waals surface area contributed by atoms with Crippen LogP contribution in [0.15, 0.2) is 47.8 Å². The number of rotatable bonds is 6. The van der Waals surface area contributed by atoms with E-state index < -0.39 is 0 Å². The van der Waals surface area contributed by atoms with Gasteiger partial charge in [-0.05, 0) is 43.3 Å². The fourth-order valence-electron chi connectivity index (χ4n) is 1.99. The summed E-state index contributed by atoms with van der Waals surface area (Å²) >= 11 is 7.16. The average molecular weight is 319 g/mol. The van der Waals surface area contributed by atoms with Crippen molar-refractivity contribution in [3.8, 4) is 0 Å². The summed E-state index contributed by atoms with van der Waals surface area (Å²) in [7, 11) is 4.10. The topological polar surface area (TPSA) is 27.3 Å². The Kier molecular flexibility index (Phi) is 6.17. The molecule has 112 valence electrons. The lowest BCUT2D eigenvalue weighted by molar-refractivity contribution is 0.412. The minimum atomic E-state index is 0.102. The Hall–Kier alpha value is -1.43. The van der Waals surface area contributed by atoms with Crippen molar-refractivity contribution in [3.05, 3.63) is 58.3 Å². The van der Waals surface area contributed by atoms with Gasteiger partial charge in [0.25, 0.3) is 0 Å². The van der Waals surface area contributed by atoms with Crippen molar-refractivity contribution in [2.75, 3.05) is 27.2 Å². The predicted molar refractivity (Wildman–Crippen MR) is 94.9 cm³/mol. The summed E-state index contributed by atoms with van der Waals surface area (Å²) in [6, 6.07) is 14.7. The number of thiophene rings is 1. The molecule has 0 fully saturated rings. The molecular weight excluding hydrogens is 298 g/mol. The van der Waals surface area contributed by atoms with Gasteiger partial charge in [-0.25, -0.2) is 0 Å². The van der Waals surface area contributed by atoms with E-state index in [4.69, 9.17) is 12.2 Å². The van der Waals surface area contributed by atoms with E-state index in [1.54, 1.807) is 11.3 Å². The zero-order chi connectivity index (χ0) is 15.1. The summed E-state index contributed by atoms with van der Waals surface area (Å²) in [4.78, 5) is 3.39. The highest BCUT2D eigenvalue weighted by atomic mass is 32.1. The molecule has 1 atom stereocenters. The molecule has 0 amide bonds. The molecule has 0 bridgehead atoms. The number of hydrogen-bond donors (Lipinski definition) is 2. The largest absolute Gasteiger partial charge is 0.361 e. The Morgan fingerprint density at radius 1 is 1.19 bits per heavy atom. The normalized spacial score (nSPS) is 12.1. The van der Waals surface area contributed by atoms with E-state index in [1.165, 1.54) is 10.4 Å². The molecule has 2 N–H and O–H groups in total. The van der Waals surface area contributed by atoms with Crippen molar-refractivity contribution < 1.29 is 0 Å². The Bertz CT molecular complexity index is 538. The zero-order valence-corrected chi connectivity index (χ0v) is 14.0. The van der Waals surface area contributed by atoms with E-state index >= 15 is 0 Å². The molecule has 0 aliphatic heterocycles. The molecule has 1 heterocycles. The summed E-state index contributed by atoms with van der Waals surface area (Å²) in [6.07, 6.45) is 0. The highest BCUT2D eigenvalue weighted by Gasteiger charge is 2.15. The van der Waals surface area contributed by atoms with Gasteiger partial charge < -0.3 is 15.5 Å². The van der Waals surface area contributed by atoms with E-state index in [0.717, 1.165) is 13.1 Å². The maximum Gasteiger partial charge on any atom is 0.167 e. The molecule has 5 heteroatoms. The van der Waals surface area contributed by atoms with Crippen molar-refractivity contribution in [1.29, 1.82) is 0 Å². The first-order valence-corrected chi connectivity index (χ1v) is 8.23. The number of nitrogens with one attached hydrogen (secondary N) is 2. The second-order valence-corrected chi connectivity index (χ2v) is 6.45. The molecule has 0 spiro atoms. The van der Waals surface area contributed by atoms with Crippen molar-refractivity contribution in [3.63, 3.8) is 0 Å². The lowest BCUT2D eigenvalue weighted by Gasteiger charge is -2.21. The van der Waals surface area contributed by atoms with Gasteiger partial charge in [-0.1, -0.05) is 36.4 Å². The van der Waals surface area contributed by atoms with Gasteiger partial charge in [0.1, 0.15) is 0 Å². The summed E-state index contributed by atoms with van der Waals surface area (Å²) in [6.45, 7) is 1.79. The van der Waals surface area contributed by atoms with Crippen LogP contribution in [0, 0.1) is 0 Å². The van der Waals surface area contributed by atoms with E-state index in [0.29, 0.717) is 5.11 Å². The van der Waals surface area contributed by atoms with Crippen molar-refractivity contribution in [2.24, 2.45) is 0 Å². The highest BCUT2D eigenvalue weighted by molar-refractivity contribution is 7.80. The highest BCUT2D eigenvalue weighted by Crippen LogP contribution is 2.25. The second kappa shape index (κ2) is 8.12. The van der Waals surface area contributed by atoms with Crippen LogP contribution in [0.25, 0.3) is 0 Å². The maximum absolute atomic E-state index is 5.42. The summed E-state index contributed by atoms with van der Waals surface area (Å²) in [5, 5.41) is 9.47. The molecule has 0 aliphatic carbocycles. The SMILES string of the molecule is CN(C)CCNC(=S)N[C@@H](c1ccccc1)c1cccs1. The Morgan fingerprint density at radius 2 is 1.95 bits per heavy atom. The maximum atomic E-state index is 5.42. The molecule has 1 aromatic carbocycles. The quantitative estimate of drug-likeness (QED) is 0.801. The number of nitrogens with zero attached hydrogens (tertiary/aromatic N) is 1. The summed E-state index contributed by atoms with van der Waals surface area (Å²) in [5.74, 6) is 0. The van der Waals surface area contributed by atoms with Crippen molar-refractivity contribution in [1.82, 2.24) is 15.5 Å². The third-order valence-electron chi connectivity index (χ3n) is 3.08. The lowest BCUT2D eigenvalue weighted by Crippen LogP contribution is -2.40. The fraction of sp³-hybridized carbons (Fsp3) is 0.312. The van der Waals surface area contributed by atoms with Gasteiger partial charge in [0.15, 0.2) is 5.11 Å². The van der Waals surface area contributed by atoms with Crippen molar-refractivity contribution >= 4 is 28.7 Å². The molecular formula is C16H21N3S2. The van der Waals surface area contributed by atoms with Crippen molar-refractivity contribution in [2.45, 2.75) is 6.04 Å². The molecule has 0 unspecified atom stereocenters. The monoisotopic (exact) mass is 319 g/mol. The first-order chi connectivity index (χ1) is 10.2. The van der Waals surface area contributed by atoms with Gasteiger partial charge in [0.2, 0.25) is 0 Å². The minimum absolute atomic E-state index is 0.102. The summed E-state index contributed by atoms with van der Waals surface area (Å²) in [5.41, 5.74) is 1.22. The van der Waals surface area contributed by atoms with Crippen LogP contribution in [0.4, 0.5) is 0 Å². The predicted octanol–water partition coefficient (Wildman–Crippen LogP) is 2.86. The number of thiocarbonyl (C=S) groups is 1. The van der Waals surface area contributed by atoms with Gasteiger partial charge in [-0.2, -0.15) is 0 Å². The standard InChI is InChI=1S/C16H21N3S2/c1-19(2)11-10-17-16(20)18-15(14-9-6-12-21-14)13-7-4-3-5-8-13/h3-9,12,15H,10-11H2,1-2H3,(H2,17,18,20)/t15-/m0/s1. The second-order valence-electron chi connectivity index (χ2n) is 5.06. The van der Waals surface area contributed by atoms with E-state index in [1.807, 2.05) is 6.07 Å². The minimum Gasteiger partial charge on any atom is -0.361 e. The van der Waals surface area contributed by atoms with Crippen LogP contribution >= 0.6 is 23.6 Å². The van der Waals surface area contributed by atoms with Crippen LogP contribution in [0.2, 0.25) is 0 Å². The average Bonchev–Trinajstić information content (AvgIpc) is 2.99. The first kappa shape index (κ1) is 15.9. The molecule has 2 aromatic rings. The first-order valence-electron chi connectivity index (χ1n) is 6.94. The third kappa shape index (κ3) is 5.12. The van der Waals surface area contributed by atoms with Gasteiger partial charge in [0, 0.05) is 18.0 Å². The van der Waals surface area contributed by atoms with Gasteiger partial charge in [-0.3, -0.25) is 0 Å². The van der Waals surface area contributed by atoms with E-state index in [9.17, 15) is 0 Å². The van der Waals surface area contributed by atoms with E-state index in [2.05, 4.69) is 71.4 Å². The van der Waals surface area contributed by atoms with Gasteiger partial charge in [0.05, 0.1) is 6.04 Å². The molecule has 2 rings (SSSR count). The smallest absolute Gasteiger partial charge is 0.167 e. The molecule has 0 radical (unpaired) electrons. The summed E-state index contributed by atoms with van der Waals surface area (Å²) < 4.78 is 0. The lowest BCUT2D eigenvalue weighted by atomic mass is 10.1. The molecule has 0 aliphatic rings. The van der Waals surface area contributed by atoms with Crippen LogP contribution in [-0.2, 0) is 0 Å². The Labute approximate surface area is 136 Å². The molecule has 3 nitrogen and oxygen atoms in total. The van der Waals surface area contributed by atoms with Crippen LogP contribution in [0.1, 0.15) is 16.5 Å². The third-order valence-corrected chi connectivity index (χ3v) is 4.28. The Balaban J connectivity index is 2.02. The van der Waals surface area contributed by atoms with E-state index in [-0.39, 0.29) is 6.04 Å². The molecule has 0 saturated carbocycles. The number of hydrogen-bond acceptors (Lipinski definition) is 3.